The van der Waals surface area contributed by atoms with Crippen LogP contribution in [-0.2, 0) is 6.42 Å². The van der Waals surface area contributed by atoms with E-state index in [4.69, 9.17) is 5.73 Å². The molecule has 30 heavy (non-hydrogen) atoms. The van der Waals surface area contributed by atoms with Gasteiger partial charge in [0.25, 0.3) is 0 Å². The number of nitriles is 1. The summed E-state index contributed by atoms with van der Waals surface area (Å²) in [5, 5.41) is 17.5. The molecule has 4 rings (SSSR count). The zero-order valence-corrected chi connectivity index (χ0v) is 17.4. The van der Waals surface area contributed by atoms with E-state index in [0.717, 1.165) is 32.0 Å². The molecule has 0 unspecified atom stereocenters. The number of likely N-dealkylation sites (tertiary alicyclic amines) is 1. The zero-order chi connectivity index (χ0) is 21.1. The minimum atomic E-state index is -0.328. The molecule has 1 spiro atoms. The molecule has 2 heterocycles. The molecule has 7 nitrogen and oxygen atoms in total. The first-order chi connectivity index (χ1) is 14.5. The number of anilines is 1. The number of aromatic nitrogens is 2. The second-order valence-corrected chi connectivity index (χ2v) is 8.31. The largest absolute Gasteiger partial charge is 0.382 e. The minimum Gasteiger partial charge on any atom is -0.382 e. The van der Waals surface area contributed by atoms with Gasteiger partial charge in [-0.25, -0.2) is 9.07 Å². The van der Waals surface area contributed by atoms with Gasteiger partial charge in [0, 0.05) is 26.7 Å². The molecule has 1 aromatic carbocycles. The lowest BCUT2D eigenvalue weighted by molar-refractivity contribution is 0.151. The van der Waals surface area contributed by atoms with E-state index in [1.165, 1.54) is 42.5 Å². The van der Waals surface area contributed by atoms with E-state index in [0.29, 0.717) is 28.8 Å². The lowest BCUT2D eigenvalue weighted by atomic mass is 9.68. The van der Waals surface area contributed by atoms with E-state index in [-0.39, 0.29) is 11.6 Å². The average Bonchev–Trinajstić information content (AvgIpc) is 3.31. The van der Waals surface area contributed by atoms with Crippen molar-refractivity contribution in [2.45, 2.75) is 38.5 Å². The maximum absolute atomic E-state index is 13.2. The van der Waals surface area contributed by atoms with Crippen LogP contribution >= 0.6 is 0 Å². The van der Waals surface area contributed by atoms with Gasteiger partial charge in [-0.3, -0.25) is 4.99 Å². The van der Waals surface area contributed by atoms with Crippen molar-refractivity contribution < 1.29 is 4.39 Å². The highest BCUT2D eigenvalue weighted by Crippen LogP contribution is 2.47. The number of hydrogen-bond acceptors (Lipinski definition) is 4. The third-order valence-electron chi connectivity index (χ3n) is 6.41. The van der Waals surface area contributed by atoms with Gasteiger partial charge in [0.2, 0.25) is 0 Å². The fourth-order valence-corrected chi connectivity index (χ4v) is 4.54. The Balaban J connectivity index is 1.35. The van der Waals surface area contributed by atoms with Crippen molar-refractivity contribution in [1.82, 2.24) is 20.0 Å². The first-order valence-corrected chi connectivity index (χ1v) is 10.5. The van der Waals surface area contributed by atoms with Crippen LogP contribution in [0, 0.1) is 22.6 Å². The Hall–Kier alpha value is -3.08. The number of guanidine groups is 1. The van der Waals surface area contributed by atoms with E-state index in [2.05, 4.69) is 26.4 Å². The molecular weight excluding hydrogens is 381 g/mol. The molecule has 1 aliphatic carbocycles. The number of halogens is 1. The fraction of sp³-hybridized carbons (Fsp3) is 0.500. The molecule has 2 fully saturated rings. The van der Waals surface area contributed by atoms with Gasteiger partial charge < -0.3 is 16.0 Å². The Bertz CT molecular complexity index is 967. The summed E-state index contributed by atoms with van der Waals surface area (Å²) in [6, 6.07) is 8.05. The van der Waals surface area contributed by atoms with Gasteiger partial charge in [-0.2, -0.15) is 10.4 Å². The summed E-state index contributed by atoms with van der Waals surface area (Å²) < 4.78 is 14.7. The molecule has 8 heteroatoms. The summed E-state index contributed by atoms with van der Waals surface area (Å²) >= 11 is 0. The number of nitrogens with one attached hydrogen (secondary N) is 1. The number of nitrogens with zero attached hydrogens (tertiary/aromatic N) is 5. The lowest BCUT2D eigenvalue weighted by Gasteiger charge is -2.38. The number of nitrogens with two attached hydrogens (primary N) is 1. The van der Waals surface area contributed by atoms with Crippen molar-refractivity contribution in [1.29, 1.82) is 5.26 Å². The molecule has 2 aromatic rings. The number of benzene rings is 1. The minimum absolute atomic E-state index is 0.283. The Morgan fingerprint density at radius 2 is 2.10 bits per heavy atom. The van der Waals surface area contributed by atoms with Gasteiger partial charge in [0.05, 0.1) is 11.4 Å². The number of rotatable bonds is 5. The Morgan fingerprint density at radius 1 is 1.33 bits per heavy atom. The van der Waals surface area contributed by atoms with Gasteiger partial charge in [-0.1, -0.05) is 6.42 Å². The fourth-order valence-electron chi connectivity index (χ4n) is 4.54. The van der Waals surface area contributed by atoms with Crippen LogP contribution in [0.15, 0.2) is 29.3 Å². The molecule has 1 saturated heterocycles. The molecule has 0 bridgehead atoms. The molecule has 1 aliphatic heterocycles. The number of aliphatic imine (C=N–C) groups is 1. The molecular formula is C22H28FN7. The van der Waals surface area contributed by atoms with Gasteiger partial charge >= 0.3 is 0 Å². The quantitative estimate of drug-likeness (QED) is 0.450. The predicted octanol–water partition coefficient (Wildman–Crippen LogP) is 2.85. The second-order valence-electron chi connectivity index (χ2n) is 8.31. The average molecular weight is 410 g/mol. The topological polar surface area (TPSA) is 95.3 Å². The highest BCUT2D eigenvalue weighted by molar-refractivity contribution is 5.80. The summed E-state index contributed by atoms with van der Waals surface area (Å²) in [6.45, 7) is 2.91. The molecule has 1 saturated carbocycles. The highest BCUT2D eigenvalue weighted by Gasteiger charge is 2.43. The van der Waals surface area contributed by atoms with Crippen LogP contribution in [0.3, 0.4) is 0 Å². The summed E-state index contributed by atoms with van der Waals surface area (Å²) in [7, 11) is 1.83. The molecule has 2 aliphatic rings. The summed E-state index contributed by atoms with van der Waals surface area (Å²) in [5.74, 6) is 0.910. The summed E-state index contributed by atoms with van der Waals surface area (Å²) in [4.78, 5) is 6.81. The number of nitrogen functional groups attached to an aromatic ring is 1. The van der Waals surface area contributed by atoms with E-state index in [9.17, 15) is 9.65 Å². The zero-order valence-electron chi connectivity index (χ0n) is 17.4. The third-order valence-corrected chi connectivity index (χ3v) is 6.41. The smallest absolute Gasteiger partial charge is 0.193 e. The van der Waals surface area contributed by atoms with E-state index in [1.807, 2.05) is 7.05 Å². The van der Waals surface area contributed by atoms with E-state index >= 15 is 0 Å². The molecule has 3 N–H and O–H groups in total. The number of hydrogen-bond donors (Lipinski definition) is 2. The molecule has 158 valence electrons. The van der Waals surface area contributed by atoms with Gasteiger partial charge in [-0.05, 0) is 61.8 Å². The van der Waals surface area contributed by atoms with Crippen LogP contribution in [-0.4, -0.2) is 47.3 Å². The van der Waals surface area contributed by atoms with Crippen LogP contribution in [0.5, 0.6) is 0 Å². The second kappa shape index (κ2) is 8.34. The molecule has 0 radical (unpaired) electrons. The SMILES string of the molecule is CN=C(NCCCc1nn(-c2ccc(F)cc2)c(N)c1C#N)N1CCC2(CCC2)C1. The van der Waals surface area contributed by atoms with Crippen LogP contribution < -0.4 is 11.1 Å². The van der Waals surface area contributed by atoms with Gasteiger partial charge in [0.1, 0.15) is 23.3 Å². The standard InChI is InChI=1S/C22H28FN7/c1-26-21(29-13-11-22(15-29)9-3-10-22)27-12-2-4-19-18(14-24)20(25)30(28-19)17-7-5-16(23)6-8-17/h5-8H,2-4,9-13,15,25H2,1H3,(H,26,27). The lowest BCUT2D eigenvalue weighted by Crippen LogP contribution is -2.42. The molecule has 0 atom stereocenters. The van der Waals surface area contributed by atoms with Crippen molar-refractivity contribution in [3.63, 3.8) is 0 Å². The van der Waals surface area contributed by atoms with Crippen molar-refractivity contribution >= 4 is 11.8 Å². The first kappa shape index (κ1) is 20.2. The Morgan fingerprint density at radius 3 is 2.70 bits per heavy atom. The van der Waals surface area contributed by atoms with E-state index < -0.39 is 0 Å². The van der Waals surface area contributed by atoms with Crippen LogP contribution in [0.4, 0.5) is 10.2 Å². The van der Waals surface area contributed by atoms with Crippen LogP contribution in [0.25, 0.3) is 5.69 Å². The molecule has 1 aromatic heterocycles. The maximum atomic E-state index is 13.2. The highest BCUT2D eigenvalue weighted by atomic mass is 19.1. The Kier molecular flexibility index (Phi) is 5.62. The first-order valence-electron chi connectivity index (χ1n) is 10.5. The normalized spacial score (nSPS) is 17.8. The van der Waals surface area contributed by atoms with Crippen molar-refractivity contribution in [2.24, 2.45) is 10.4 Å². The van der Waals surface area contributed by atoms with Gasteiger partial charge in [-0.15, -0.1) is 0 Å². The van der Waals surface area contributed by atoms with Crippen LogP contribution in [0.2, 0.25) is 0 Å². The van der Waals surface area contributed by atoms with Crippen molar-refractivity contribution in [3.8, 4) is 11.8 Å². The maximum Gasteiger partial charge on any atom is 0.193 e. The third kappa shape index (κ3) is 3.84. The van der Waals surface area contributed by atoms with Gasteiger partial charge in [0.15, 0.2) is 5.96 Å². The van der Waals surface area contributed by atoms with Crippen molar-refractivity contribution in [2.75, 3.05) is 32.4 Å². The van der Waals surface area contributed by atoms with Crippen LogP contribution in [0.1, 0.15) is 43.4 Å². The Labute approximate surface area is 176 Å². The summed E-state index contributed by atoms with van der Waals surface area (Å²) in [5.41, 5.74) is 8.34. The van der Waals surface area contributed by atoms with Crippen molar-refractivity contribution in [3.05, 3.63) is 41.3 Å². The monoisotopic (exact) mass is 409 g/mol. The predicted molar refractivity (Wildman–Crippen MR) is 115 cm³/mol. The molecule has 0 amide bonds. The number of aryl methyl sites for hydroxylation is 1. The van der Waals surface area contributed by atoms with E-state index in [1.54, 1.807) is 12.1 Å². The summed E-state index contributed by atoms with van der Waals surface area (Å²) in [6.07, 6.45) is 6.72.